The molecule has 1 aromatic heterocycles. The van der Waals surface area contributed by atoms with Crippen LogP contribution in [0.3, 0.4) is 0 Å². The lowest BCUT2D eigenvalue weighted by Gasteiger charge is -2.14. The van der Waals surface area contributed by atoms with E-state index in [0.717, 1.165) is 6.42 Å². The molecule has 0 spiro atoms. The largest absolute Gasteiger partial charge is 0.352 e. The summed E-state index contributed by atoms with van der Waals surface area (Å²) in [6, 6.07) is 5.44. The Labute approximate surface area is 116 Å². The highest BCUT2D eigenvalue weighted by Gasteiger charge is 2.09. The second-order valence-electron chi connectivity index (χ2n) is 4.85. The molecule has 2 aromatic rings. The molecule has 0 radical (unpaired) electrons. The quantitative estimate of drug-likeness (QED) is 0.929. The van der Waals surface area contributed by atoms with Crippen LogP contribution in [0.25, 0.3) is 10.9 Å². The van der Waals surface area contributed by atoms with Gasteiger partial charge in [0.1, 0.15) is 12.4 Å². The molecule has 2 rings (SSSR count). The van der Waals surface area contributed by atoms with Crippen molar-refractivity contribution in [2.45, 2.75) is 32.9 Å². The average Bonchev–Trinajstić information content (AvgIpc) is 2.42. The van der Waals surface area contributed by atoms with E-state index in [2.05, 4.69) is 5.32 Å². The summed E-state index contributed by atoms with van der Waals surface area (Å²) in [6.07, 6.45) is 2.40. The Morgan fingerprint density at radius 3 is 2.85 bits per heavy atom. The van der Waals surface area contributed by atoms with Crippen LogP contribution >= 0.6 is 0 Å². The summed E-state index contributed by atoms with van der Waals surface area (Å²) in [4.78, 5) is 23.6. The molecule has 1 amide bonds. The van der Waals surface area contributed by atoms with Crippen LogP contribution in [-0.4, -0.2) is 16.5 Å². The minimum absolute atomic E-state index is 0.102. The minimum atomic E-state index is -0.462. The van der Waals surface area contributed by atoms with Crippen molar-refractivity contribution in [3.8, 4) is 0 Å². The molecule has 1 heterocycles. The van der Waals surface area contributed by atoms with Gasteiger partial charge in [0, 0.05) is 23.7 Å². The number of fused-ring (bicyclic) bond motifs is 1. The second-order valence-corrected chi connectivity index (χ2v) is 4.85. The minimum Gasteiger partial charge on any atom is -0.352 e. The lowest BCUT2D eigenvalue weighted by molar-refractivity contribution is -0.122. The predicted octanol–water partition coefficient (Wildman–Crippen LogP) is 2.06. The summed E-state index contributed by atoms with van der Waals surface area (Å²) in [5.74, 6) is -0.593. The summed E-state index contributed by atoms with van der Waals surface area (Å²) < 4.78 is 14.8. The third-order valence-corrected chi connectivity index (χ3v) is 3.27. The van der Waals surface area contributed by atoms with E-state index in [9.17, 15) is 14.0 Å². The first-order valence-electron chi connectivity index (χ1n) is 6.59. The van der Waals surface area contributed by atoms with Crippen LogP contribution in [0.1, 0.15) is 20.3 Å². The van der Waals surface area contributed by atoms with Gasteiger partial charge >= 0.3 is 0 Å². The molecule has 0 aliphatic rings. The fourth-order valence-electron chi connectivity index (χ4n) is 2.00. The summed E-state index contributed by atoms with van der Waals surface area (Å²) in [6.45, 7) is 4.02. The van der Waals surface area contributed by atoms with Gasteiger partial charge in [0.15, 0.2) is 5.43 Å². The van der Waals surface area contributed by atoms with Crippen molar-refractivity contribution < 1.29 is 9.18 Å². The van der Waals surface area contributed by atoms with Crippen LogP contribution in [0.2, 0.25) is 0 Å². The van der Waals surface area contributed by atoms with Gasteiger partial charge in [0.25, 0.3) is 0 Å². The standard InChI is InChI=1S/C15H17FN2O2/c1-3-10(2)17-15(20)9-18-7-6-14(19)12-8-11(16)4-5-13(12)18/h4-8,10H,3,9H2,1-2H3,(H,17,20). The van der Waals surface area contributed by atoms with E-state index in [1.54, 1.807) is 10.8 Å². The van der Waals surface area contributed by atoms with Crippen LogP contribution in [0.15, 0.2) is 35.3 Å². The van der Waals surface area contributed by atoms with E-state index in [-0.39, 0.29) is 29.3 Å². The molecule has 1 N–H and O–H groups in total. The van der Waals surface area contributed by atoms with Gasteiger partial charge in [-0.25, -0.2) is 4.39 Å². The molecular weight excluding hydrogens is 259 g/mol. The maximum atomic E-state index is 13.2. The van der Waals surface area contributed by atoms with Crippen molar-refractivity contribution in [3.63, 3.8) is 0 Å². The molecular formula is C15H17FN2O2. The zero-order valence-electron chi connectivity index (χ0n) is 11.5. The molecule has 0 bridgehead atoms. The van der Waals surface area contributed by atoms with Gasteiger partial charge in [-0.1, -0.05) is 6.92 Å². The number of halogens is 1. The number of hydrogen-bond acceptors (Lipinski definition) is 2. The van der Waals surface area contributed by atoms with Crippen molar-refractivity contribution in [1.82, 2.24) is 9.88 Å². The van der Waals surface area contributed by atoms with Gasteiger partial charge in [0.05, 0.1) is 5.52 Å². The zero-order valence-corrected chi connectivity index (χ0v) is 11.5. The molecule has 0 aliphatic carbocycles. The number of rotatable bonds is 4. The monoisotopic (exact) mass is 276 g/mol. The SMILES string of the molecule is CCC(C)NC(=O)Cn1ccc(=O)c2cc(F)ccc21. The van der Waals surface area contributed by atoms with Crippen molar-refractivity contribution in [2.75, 3.05) is 0 Å². The molecule has 1 atom stereocenters. The van der Waals surface area contributed by atoms with Crippen LogP contribution in [-0.2, 0) is 11.3 Å². The third kappa shape index (κ3) is 3.04. The van der Waals surface area contributed by atoms with Crippen molar-refractivity contribution in [3.05, 3.63) is 46.5 Å². The molecule has 106 valence electrons. The van der Waals surface area contributed by atoms with Crippen molar-refractivity contribution in [1.29, 1.82) is 0 Å². The fourth-order valence-corrected chi connectivity index (χ4v) is 2.00. The number of carbonyl (C=O) groups is 1. The number of aromatic nitrogens is 1. The van der Waals surface area contributed by atoms with Crippen LogP contribution in [0.4, 0.5) is 4.39 Å². The van der Waals surface area contributed by atoms with Gasteiger partial charge in [-0.3, -0.25) is 9.59 Å². The smallest absolute Gasteiger partial charge is 0.240 e. The Morgan fingerprint density at radius 2 is 2.15 bits per heavy atom. The highest BCUT2D eigenvalue weighted by Crippen LogP contribution is 2.12. The summed E-state index contributed by atoms with van der Waals surface area (Å²) in [5.41, 5.74) is 0.302. The molecule has 0 fully saturated rings. The van der Waals surface area contributed by atoms with E-state index in [0.29, 0.717) is 5.52 Å². The van der Waals surface area contributed by atoms with Gasteiger partial charge < -0.3 is 9.88 Å². The van der Waals surface area contributed by atoms with E-state index in [1.165, 1.54) is 24.3 Å². The van der Waals surface area contributed by atoms with E-state index < -0.39 is 5.82 Å². The summed E-state index contributed by atoms with van der Waals surface area (Å²) in [7, 11) is 0. The molecule has 0 saturated heterocycles. The van der Waals surface area contributed by atoms with Crippen LogP contribution < -0.4 is 10.7 Å². The number of hydrogen-bond donors (Lipinski definition) is 1. The Kier molecular flexibility index (Phi) is 4.17. The molecule has 5 heteroatoms. The van der Waals surface area contributed by atoms with E-state index in [1.807, 2.05) is 13.8 Å². The first kappa shape index (κ1) is 14.2. The van der Waals surface area contributed by atoms with Crippen molar-refractivity contribution >= 4 is 16.8 Å². The summed E-state index contributed by atoms with van der Waals surface area (Å²) in [5, 5.41) is 3.14. The van der Waals surface area contributed by atoms with Crippen LogP contribution in [0.5, 0.6) is 0 Å². The Balaban J connectivity index is 2.34. The van der Waals surface area contributed by atoms with E-state index in [4.69, 9.17) is 0 Å². The maximum Gasteiger partial charge on any atom is 0.240 e. The Bertz CT molecular complexity index is 694. The lowest BCUT2D eigenvalue weighted by atomic mass is 10.2. The number of pyridine rings is 1. The Morgan fingerprint density at radius 1 is 1.40 bits per heavy atom. The normalized spacial score (nSPS) is 12.3. The van der Waals surface area contributed by atoms with Gasteiger partial charge in [0.2, 0.25) is 5.91 Å². The van der Waals surface area contributed by atoms with Crippen molar-refractivity contribution in [2.24, 2.45) is 0 Å². The van der Waals surface area contributed by atoms with Gasteiger partial charge in [-0.2, -0.15) is 0 Å². The molecule has 0 saturated carbocycles. The summed E-state index contributed by atoms with van der Waals surface area (Å²) >= 11 is 0. The number of carbonyl (C=O) groups excluding carboxylic acids is 1. The lowest BCUT2D eigenvalue weighted by Crippen LogP contribution is -2.34. The van der Waals surface area contributed by atoms with Gasteiger partial charge in [-0.15, -0.1) is 0 Å². The molecule has 1 aromatic carbocycles. The molecule has 0 aliphatic heterocycles. The second kappa shape index (κ2) is 5.86. The van der Waals surface area contributed by atoms with Crippen LogP contribution in [0, 0.1) is 5.82 Å². The molecule has 20 heavy (non-hydrogen) atoms. The number of nitrogens with zero attached hydrogens (tertiary/aromatic N) is 1. The maximum absolute atomic E-state index is 13.2. The highest BCUT2D eigenvalue weighted by molar-refractivity contribution is 5.82. The topological polar surface area (TPSA) is 51.1 Å². The average molecular weight is 276 g/mol. The molecule has 1 unspecified atom stereocenters. The fraction of sp³-hybridized carbons (Fsp3) is 0.333. The highest BCUT2D eigenvalue weighted by atomic mass is 19.1. The number of amides is 1. The first-order valence-corrected chi connectivity index (χ1v) is 6.59. The number of benzene rings is 1. The van der Waals surface area contributed by atoms with Gasteiger partial charge in [-0.05, 0) is 31.5 Å². The first-order chi connectivity index (χ1) is 9.51. The zero-order chi connectivity index (χ0) is 14.7. The Hall–Kier alpha value is -2.17. The number of nitrogens with one attached hydrogen (secondary N) is 1. The van der Waals surface area contributed by atoms with E-state index >= 15 is 0 Å². The third-order valence-electron chi connectivity index (χ3n) is 3.27. The molecule has 4 nitrogen and oxygen atoms in total. The predicted molar refractivity (Wildman–Crippen MR) is 76.1 cm³/mol.